The quantitative estimate of drug-likeness (QED) is 0.813. The van der Waals surface area contributed by atoms with Crippen molar-refractivity contribution >= 4 is 17.0 Å². The predicted molar refractivity (Wildman–Crippen MR) is 89.5 cm³/mol. The summed E-state index contributed by atoms with van der Waals surface area (Å²) in [7, 11) is 0. The average Bonchev–Trinajstić information content (AvgIpc) is 2.92. The fraction of sp³-hybridized carbons (Fsp3) is 0.412. The molecular weight excluding hydrogens is 264 g/mol. The van der Waals surface area contributed by atoms with E-state index in [-0.39, 0.29) is 0 Å². The van der Waals surface area contributed by atoms with Gasteiger partial charge >= 0.3 is 0 Å². The number of hydrogen-bond donors (Lipinski definition) is 1. The van der Waals surface area contributed by atoms with Gasteiger partial charge in [0.15, 0.2) is 0 Å². The van der Waals surface area contributed by atoms with Crippen LogP contribution in [0.3, 0.4) is 0 Å². The highest BCUT2D eigenvalue weighted by molar-refractivity contribution is 7.09. The molecule has 1 heterocycles. The third-order valence-corrected chi connectivity index (χ3v) is 4.39. The largest absolute Gasteiger partial charge is 0.384 e. The second kappa shape index (κ2) is 7.46. The number of hydrogen-bond acceptors (Lipinski definition) is 3. The Labute approximate surface area is 126 Å². The smallest absolute Gasteiger partial charge is 0.0370 e. The summed E-state index contributed by atoms with van der Waals surface area (Å²) in [5.74, 6) is 0. The van der Waals surface area contributed by atoms with Crippen LogP contribution in [0.25, 0.3) is 0 Å². The molecule has 3 heteroatoms. The van der Waals surface area contributed by atoms with E-state index in [2.05, 4.69) is 72.8 Å². The molecule has 0 saturated carbocycles. The molecule has 0 aliphatic rings. The standard InChI is InChI=1S/C17H24N2S/c1-14(2)19(13-16-8-6-12-20-16)11-10-18-17-9-5-4-7-15(17)3/h4-9,12,14,18H,10-11,13H2,1-3H3. The van der Waals surface area contributed by atoms with Crippen LogP contribution in [-0.2, 0) is 6.54 Å². The van der Waals surface area contributed by atoms with Crippen molar-refractivity contribution in [3.8, 4) is 0 Å². The first-order valence-corrected chi connectivity index (χ1v) is 8.10. The summed E-state index contributed by atoms with van der Waals surface area (Å²) in [6.45, 7) is 9.76. The summed E-state index contributed by atoms with van der Waals surface area (Å²) in [6.07, 6.45) is 0. The lowest BCUT2D eigenvalue weighted by Crippen LogP contribution is -2.34. The first-order chi connectivity index (χ1) is 9.66. The highest BCUT2D eigenvalue weighted by atomic mass is 32.1. The maximum absolute atomic E-state index is 3.54. The van der Waals surface area contributed by atoms with Gasteiger partial charge in [-0.2, -0.15) is 0 Å². The van der Waals surface area contributed by atoms with Crippen molar-refractivity contribution in [3.05, 3.63) is 52.2 Å². The van der Waals surface area contributed by atoms with Crippen molar-refractivity contribution < 1.29 is 0 Å². The van der Waals surface area contributed by atoms with E-state index in [1.165, 1.54) is 16.1 Å². The summed E-state index contributed by atoms with van der Waals surface area (Å²) in [5, 5.41) is 5.69. The molecule has 0 amide bonds. The van der Waals surface area contributed by atoms with Crippen molar-refractivity contribution in [2.45, 2.75) is 33.4 Å². The summed E-state index contributed by atoms with van der Waals surface area (Å²) in [6, 6.07) is 13.4. The van der Waals surface area contributed by atoms with Crippen molar-refractivity contribution in [2.75, 3.05) is 18.4 Å². The molecule has 0 aliphatic carbocycles. The summed E-state index contributed by atoms with van der Waals surface area (Å²) in [5.41, 5.74) is 2.55. The van der Waals surface area contributed by atoms with Gasteiger partial charge in [-0.25, -0.2) is 0 Å². The van der Waals surface area contributed by atoms with Gasteiger partial charge in [0.05, 0.1) is 0 Å². The minimum atomic E-state index is 0.566. The number of rotatable bonds is 7. The first-order valence-electron chi connectivity index (χ1n) is 7.22. The lowest BCUT2D eigenvalue weighted by molar-refractivity contribution is 0.223. The van der Waals surface area contributed by atoms with Crippen LogP contribution < -0.4 is 5.32 Å². The van der Waals surface area contributed by atoms with Crippen molar-refractivity contribution in [1.29, 1.82) is 0 Å². The van der Waals surface area contributed by atoms with Crippen LogP contribution in [0.4, 0.5) is 5.69 Å². The van der Waals surface area contributed by atoms with Gasteiger partial charge in [-0.3, -0.25) is 4.90 Å². The Morgan fingerprint density at radius 3 is 2.60 bits per heavy atom. The van der Waals surface area contributed by atoms with E-state index in [1.807, 2.05) is 11.3 Å². The van der Waals surface area contributed by atoms with Crippen molar-refractivity contribution in [1.82, 2.24) is 4.90 Å². The van der Waals surface area contributed by atoms with E-state index in [9.17, 15) is 0 Å². The fourth-order valence-electron chi connectivity index (χ4n) is 2.23. The van der Waals surface area contributed by atoms with Crippen molar-refractivity contribution in [2.24, 2.45) is 0 Å². The van der Waals surface area contributed by atoms with E-state index >= 15 is 0 Å². The number of anilines is 1. The third-order valence-electron chi connectivity index (χ3n) is 3.53. The Morgan fingerprint density at radius 2 is 1.95 bits per heavy atom. The van der Waals surface area contributed by atoms with E-state index in [1.54, 1.807) is 0 Å². The Kier molecular flexibility index (Phi) is 5.62. The van der Waals surface area contributed by atoms with Crippen LogP contribution in [0, 0.1) is 6.92 Å². The number of para-hydroxylation sites is 1. The van der Waals surface area contributed by atoms with Crippen molar-refractivity contribution in [3.63, 3.8) is 0 Å². The molecule has 1 N–H and O–H groups in total. The SMILES string of the molecule is Cc1ccccc1NCCN(Cc1cccs1)C(C)C. The molecule has 1 aromatic carbocycles. The lowest BCUT2D eigenvalue weighted by atomic mass is 10.2. The van der Waals surface area contributed by atoms with Crippen LogP contribution in [0.5, 0.6) is 0 Å². The van der Waals surface area contributed by atoms with Gasteiger partial charge in [0, 0.05) is 36.2 Å². The van der Waals surface area contributed by atoms with Gasteiger partial charge in [-0.15, -0.1) is 11.3 Å². The Bertz CT molecular complexity index is 505. The van der Waals surface area contributed by atoms with Crippen LogP contribution >= 0.6 is 11.3 Å². The maximum Gasteiger partial charge on any atom is 0.0370 e. The van der Waals surface area contributed by atoms with Gasteiger partial charge in [0.2, 0.25) is 0 Å². The minimum Gasteiger partial charge on any atom is -0.384 e. The van der Waals surface area contributed by atoms with Gasteiger partial charge < -0.3 is 5.32 Å². The van der Waals surface area contributed by atoms with Crippen LogP contribution in [0.2, 0.25) is 0 Å². The molecule has 0 spiro atoms. The number of aryl methyl sites for hydroxylation is 1. The molecule has 0 bridgehead atoms. The molecule has 0 unspecified atom stereocenters. The summed E-state index contributed by atoms with van der Waals surface area (Å²) >= 11 is 1.84. The molecule has 2 nitrogen and oxygen atoms in total. The number of benzene rings is 1. The lowest BCUT2D eigenvalue weighted by Gasteiger charge is -2.26. The maximum atomic E-state index is 3.54. The summed E-state index contributed by atoms with van der Waals surface area (Å²) < 4.78 is 0. The molecule has 0 atom stereocenters. The average molecular weight is 288 g/mol. The summed E-state index contributed by atoms with van der Waals surface area (Å²) in [4.78, 5) is 3.95. The van der Waals surface area contributed by atoms with E-state index in [0.29, 0.717) is 6.04 Å². The highest BCUT2D eigenvalue weighted by Gasteiger charge is 2.10. The van der Waals surface area contributed by atoms with Gasteiger partial charge in [0.25, 0.3) is 0 Å². The minimum absolute atomic E-state index is 0.566. The second-order valence-corrected chi connectivity index (χ2v) is 6.42. The number of nitrogens with zero attached hydrogens (tertiary/aromatic N) is 1. The number of thiophene rings is 1. The van der Waals surface area contributed by atoms with Gasteiger partial charge in [0.1, 0.15) is 0 Å². The topological polar surface area (TPSA) is 15.3 Å². The highest BCUT2D eigenvalue weighted by Crippen LogP contribution is 2.15. The molecule has 108 valence electrons. The van der Waals surface area contributed by atoms with Crippen LogP contribution in [0.15, 0.2) is 41.8 Å². The Morgan fingerprint density at radius 1 is 1.15 bits per heavy atom. The zero-order valence-electron chi connectivity index (χ0n) is 12.6. The molecule has 20 heavy (non-hydrogen) atoms. The molecule has 0 aliphatic heterocycles. The van der Waals surface area contributed by atoms with E-state index < -0.39 is 0 Å². The number of nitrogens with one attached hydrogen (secondary N) is 1. The fourth-order valence-corrected chi connectivity index (χ4v) is 2.96. The monoisotopic (exact) mass is 288 g/mol. The molecule has 0 radical (unpaired) electrons. The predicted octanol–water partition coefficient (Wildman–Crippen LogP) is 4.38. The normalized spacial score (nSPS) is 11.2. The van der Waals surface area contributed by atoms with Crippen LogP contribution in [0.1, 0.15) is 24.3 Å². The molecule has 1 aromatic heterocycles. The first kappa shape index (κ1) is 15.1. The zero-order valence-corrected chi connectivity index (χ0v) is 13.4. The third kappa shape index (κ3) is 4.36. The Balaban J connectivity index is 1.85. The van der Waals surface area contributed by atoms with E-state index in [4.69, 9.17) is 0 Å². The van der Waals surface area contributed by atoms with Crippen LogP contribution in [-0.4, -0.2) is 24.0 Å². The molecule has 2 aromatic rings. The Hall–Kier alpha value is -1.32. The molecular formula is C17H24N2S. The van der Waals surface area contributed by atoms with Gasteiger partial charge in [-0.1, -0.05) is 24.3 Å². The molecule has 2 rings (SSSR count). The molecule has 0 fully saturated rings. The second-order valence-electron chi connectivity index (χ2n) is 5.39. The zero-order chi connectivity index (χ0) is 14.4. The van der Waals surface area contributed by atoms with Gasteiger partial charge in [-0.05, 0) is 43.8 Å². The molecule has 0 saturated heterocycles. The van der Waals surface area contributed by atoms with E-state index in [0.717, 1.165) is 19.6 Å².